The molecule has 0 aromatic carbocycles. The van der Waals surface area contributed by atoms with Crippen LogP contribution in [0, 0.1) is 0 Å². The summed E-state index contributed by atoms with van der Waals surface area (Å²) in [4.78, 5) is 13.3. The lowest BCUT2D eigenvalue weighted by Gasteiger charge is -2.46. The van der Waals surface area contributed by atoms with Crippen LogP contribution in [-0.4, -0.2) is 140 Å². The quantitative estimate of drug-likeness (QED) is 0.0259. The molecule has 0 aliphatic carbocycles. The van der Waals surface area contributed by atoms with E-state index in [-0.39, 0.29) is 12.5 Å². The van der Waals surface area contributed by atoms with Crippen LogP contribution in [0.15, 0.2) is 0 Å². The van der Waals surface area contributed by atoms with Crippen LogP contribution in [0.2, 0.25) is 0 Å². The average Bonchev–Trinajstić information content (AvgIpc) is 3.41. The number of hydrogen-bond acceptors (Lipinski definition) is 13. The van der Waals surface area contributed by atoms with E-state index < -0.39 is 86.8 Å². The molecule has 12 atom stereocenters. The van der Waals surface area contributed by atoms with Crippen molar-refractivity contribution < 1.29 is 64.6 Å². The van der Waals surface area contributed by atoms with Gasteiger partial charge >= 0.3 is 0 Å². The summed E-state index contributed by atoms with van der Waals surface area (Å²) in [6.45, 7) is 2.90. The van der Waals surface area contributed by atoms with Crippen molar-refractivity contribution in [2.24, 2.45) is 0 Å². The molecule has 75 heavy (non-hydrogen) atoms. The lowest BCUT2D eigenvalue weighted by Crippen LogP contribution is -2.65. The third-order valence-corrected chi connectivity index (χ3v) is 16.1. The van der Waals surface area contributed by atoms with Crippen LogP contribution in [-0.2, 0) is 23.7 Å². The molecule has 0 aromatic heterocycles. The van der Waals surface area contributed by atoms with Crippen molar-refractivity contribution in [2.75, 3.05) is 19.8 Å². The smallest absolute Gasteiger partial charge is 0.220 e. The topological polar surface area (TPSA) is 228 Å². The first-order valence-corrected chi connectivity index (χ1v) is 31.8. The third-order valence-electron chi connectivity index (χ3n) is 16.1. The van der Waals surface area contributed by atoms with Crippen molar-refractivity contribution in [1.82, 2.24) is 5.32 Å². The predicted molar refractivity (Wildman–Crippen MR) is 300 cm³/mol. The number of aliphatic hydroxyl groups is 8. The second-order valence-electron chi connectivity index (χ2n) is 22.9. The molecule has 0 aromatic rings. The molecule has 14 nitrogen and oxygen atoms in total. The van der Waals surface area contributed by atoms with Crippen LogP contribution in [0.4, 0.5) is 0 Å². The summed E-state index contributed by atoms with van der Waals surface area (Å²) in [5.74, 6) is -0.199. The van der Waals surface area contributed by atoms with Crippen LogP contribution >= 0.6 is 0 Å². The number of nitrogens with one attached hydrogen (secondary N) is 1. The number of carbonyl (C=O) groups excluding carboxylic acids is 1. The van der Waals surface area contributed by atoms with E-state index in [4.69, 9.17) is 18.9 Å². The Morgan fingerprint density at radius 3 is 1.13 bits per heavy atom. The van der Waals surface area contributed by atoms with E-state index in [2.05, 4.69) is 19.2 Å². The number of amides is 1. The summed E-state index contributed by atoms with van der Waals surface area (Å²) in [6, 6.07) is -0.822. The zero-order valence-electron chi connectivity index (χ0n) is 48.1. The Hall–Kier alpha value is -1.01. The highest BCUT2D eigenvalue weighted by Crippen LogP contribution is 2.30. The Bertz CT molecular complexity index is 1270. The Morgan fingerprint density at radius 2 is 0.760 bits per heavy atom. The molecule has 2 rings (SSSR count). The molecule has 1 amide bonds. The highest BCUT2D eigenvalue weighted by atomic mass is 16.7. The second kappa shape index (κ2) is 47.8. The highest BCUT2D eigenvalue weighted by Gasteiger charge is 2.51. The van der Waals surface area contributed by atoms with Gasteiger partial charge in [-0.25, -0.2) is 0 Å². The van der Waals surface area contributed by atoms with Crippen molar-refractivity contribution >= 4 is 5.91 Å². The van der Waals surface area contributed by atoms with E-state index in [0.717, 1.165) is 51.4 Å². The minimum atomic E-state index is -1.78. The van der Waals surface area contributed by atoms with E-state index in [9.17, 15) is 45.6 Å². The van der Waals surface area contributed by atoms with Gasteiger partial charge in [-0.3, -0.25) is 4.79 Å². The summed E-state index contributed by atoms with van der Waals surface area (Å²) >= 11 is 0. The largest absolute Gasteiger partial charge is 0.394 e. The molecule has 9 N–H and O–H groups in total. The fourth-order valence-electron chi connectivity index (χ4n) is 10.9. The van der Waals surface area contributed by atoms with Gasteiger partial charge in [0.1, 0.15) is 48.8 Å². The van der Waals surface area contributed by atoms with Crippen molar-refractivity contribution in [3.05, 3.63) is 0 Å². The molecule has 2 heterocycles. The maximum atomic E-state index is 13.3. The van der Waals surface area contributed by atoms with Crippen LogP contribution < -0.4 is 5.32 Å². The molecule has 2 saturated heterocycles. The maximum Gasteiger partial charge on any atom is 0.220 e. The third kappa shape index (κ3) is 33.4. The predicted octanol–water partition coefficient (Wildman–Crippen LogP) is 11.3. The van der Waals surface area contributed by atoms with Crippen molar-refractivity contribution in [3.8, 4) is 0 Å². The summed E-state index contributed by atoms with van der Waals surface area (Å²) in [5.41, 5.74) is 0. The Morgan fingerprint density at radius 1 is 0.427 bits per heavy atom. The van der Waals surface area contributed by atoms with E-state index >= 15 is 0 Å². The van der Waals surface area contributed by atoms with Gasteiger partial charge in [-0.2, -0.15) is 0 Å². The SMILES string of the molecule is CCCCCCCCCCCCCCCCCCCCCCCCCCCCC(=O)N[C@@H](CO[C@@H]1O[C@H](CO)[C@@H](O[C@@H]2O[C@H](CO)[C@H](O)C(O)C2O)C(O)C1O)[C@H](O)CCCCCCCCCCCCCCCCC. The molecular weight excluding hydrogens is 955 g/mol. The Kier molecular flexibility index (Phi) is 44.6. The molecule has 2 aliphatic heterocycles. The molecule has 4 unspecified atom stereocenters. The molecule has 0 radical (unpaired) electrons. The molecule has 2 fully saturated rings. The van der Waals surface area contributed by atoms with Gasteiger partial charge in [0.15, 0.2) is 12.6 Å². The van der Waals surface area contributed by atoms with Crippen molar-refractivity contribution in [1.29, 1.82) is 0 Å². The minimum Gasteiger partial charge on any atom is -0.394 e. The fourth-order valence-corrected chi connectivity index (χ4v) is 10.9. The lowest BCUT2D eigenvalue weighted by atomic mass is 9.97. The molecule has 2 aliphatic rings. The minimum absolute atomic E-state index is 0.199. The van der Waals surface area contributed by atoms with Crippen LogP contribution in [0.25, 0.3) is 0 Å². The number of ether oxygens (including phenoxy) is 4. The molecule has 14 heteroatoms. The van der Waals surface area contributed by atoms with Crippen molar-refractivity contribution in [3.63, 3.8) is 0 Å². The maximum absolute atomic E-state index is 13.3. The zero-order chi connectivity index (χ0) is 54.6. The summed E-state index contributed by atoms with van der Waals surface area (Å²) in [7, 11) is 0. The lowest BCUT2D eigenvalue weighted by molar-refractivity contribution is -0.359. The molecular formula is C61H119NO13. The molecule has 0 saturated carbocycles. The second-order valence-corrected chi connectivity index (χ2v) is 22.9. The normalized spacial score (nSPS) is 24.9. The van der Waals surface area contributed by atoms with Crippen LogP contribution in [0.5, 0.6) is 0 Å². The van der Waals surface area contributed by atoms with Crippen LogP contribution in [0.3, 0.4) is 0 Å². The van der Waals surface area contributed by atoms with Crippen LogP contribution in [0.1, 0.15) is 290 Å². The van der Waals surface area contributed by atoms with Gasteiger partial charge in [0.25, 0.3) is 0 Å². The van der Waals surface area contributed by atoms with Gasteiger partial charge < -0.3 is 65.1 Å². The first-order valence-electron chi connectivity index (χ1n) is 31.8. The van der Waals surface area contributed by atoms with Crippen molar-refractivity contribution in [2.45, 2.75) is 364 Å². The number of hydrogen-bond donors (Lipinski definition) is 9. The van der Waals surface area contributed by atoms with Gasteiger partial charge in [0.2, 0.25) is 5.91 Å². The van der Waals surface area contributed by atoms with Gasteiger partial charge in [0, 0.05) is 6.42 Å². The van der Waals surface area contributed by atoms with Gasteiger partial charge in [-0.05, 0) is 12.8 Å². The Labute approximate surface area is 457 Å². The summed E-state index contributed by atoms with van der Waals surface area (Å²) in [5, 5.41) is 87.3. The van der Waals surface area contributed by atoms with E-state index in [1.807, 2.05) is 0 Å². The zero-order valence-corrected chi connectivity index (χ0v) is 48.1. The first-order chi connectivity index (χ1) is 36.6. The van der Waals surface area contributed by atoms with E-state index in [1.165, 1.54) is 212 Å². The number of aliphatic hydroxyl groups excluding tert-OH is 8. The monoisotopic (exact) mass is 1070 g/mol. The first kappa shape index (κ1) is 70.1. The highest BCUT2D eigenvalue weighted by molar-refractivity contribution is 5.76. The van der Waals surface area contributed by atoms with E-state index in [1.54, 1.807) is 0 Å². The molecule has 0 spiro atoms. The van der Waals surface area contributed by atoms with Gasteiger partial charge in [-0.1, -0.05) is 271 Å². The fraction of sp³-hybridized carbons (Fsp3) is 0.984. The van der Waals surface area contributed by atoms with Gasteiger partial charge in [-0.15, -0.1) is 0 Å². The average molecular weight is 1070 g/mol. The molecule has 0 bridgehead atoms. The summed E-state index contributed by atoms with van der Waals surface area (Å²) < 4.78 is 22.9. The number of unbranched alkanes of at least 4 members (excludes halogenated alkanes) is 39. The standard InChI is InChI=1S/C61H119NO13/c1-3-5-7-9-11-13-15-17-19-20-21-22-23-24-25-26-27-28-29-31-33-35-37-39-41-43-45-53(66)62-49(50(65)44-42-40-38-36-34-32-30-18-16-14-12-10-8-6-4-2)48-72-60-58(71)56(69)59(52(47-64)74-60)75-61-57(70)55(68)54(67)51(46-63)73-61/h49-52,54-61,63-65,67-71H,3-48H2,1-2H3,(H,62,66)/t49-,50+,51+,52+,54-,55?,56?,57?,58?,59+,60+,61-/m0/s1. The van der Waals surface area contributed by atoms with Gasteiger partial charge in [0.05, 0.1) is 32.0 Å². The number of rotatable bonds is 52. The summed E-state index contributed by atoms with van der Waals surface area (Å²) in [6.07, 6.45) is 36.8. The number of carbonyl (C=O) groups is 1. The molecule has 446 valence electrons. The Balaban J connectivity index is 1.68. The van der Waals surface area contributed by atoms with E-state index in [0.29, 0.717) is 12.8 Å².